The third-order valence-corrected chi connectivity index (χ3v) is 2.80. The molecule has 17 heavy (non-hydrogen) atoms. The number of nitrogens with two attached hydrogens (primary N) is 1. The number of methoxy groups -OCH3 is 1. The highest BCUT2D eigenvalue weighted by atomic mass is 16.5. The van der Waals surface area contributed by atoms with E-state index in [1.807, 2.05) is 26.1 Å². The molecule has 2 rings (SSSR count). The summed E-state index contributed by atoms with van der Waals surface area (Å²) in [4.78, 5) is 0. The molecular weight excluding hydrogens is 218 g/mol. The highest BCUT2D eigenvalue weighted by Crippen LogP contribution is 2.28. The van der Waals surface area contributed by atoms with Crippen LogP contribution in [0.3, 0.4) is 0 Å². The van der Waals surface area contributed by atoms with Crippen molar-refractivity contribution in [3.05, 3.63) is 35.5 Å². The highest BCUT2D eigenvalue weighted by Gasteiger charge is 2.21. The molecular formula is C12H17N3O2. The Morgan fingerprint density at radius 3 is 2.88 bits per heavy atom. The Kier molecular flexibility index (Phi) is 3.19. The first-order valence-electron chi connectivity index (χ1n) is 5.57. The fraction of sp³-hybridized carbons (Fsp3) is 0.417. The predicted octanol–water partition coefficient (Wildman–Crippen LogP) is 1.63. The Hall–Kier alpha value is -1.75. The summed E-state index contributed by atoms with van der Waals surface area (Å²) in [5.41, 5.74) is 6.98. The van der Waals surface area contributed by atoms with Gasteiger partial charge in [-0.2, -0.15) is 5.10 Å². The van der Waals surface area contributed by atoms with E-state index in [-0.39, 0.29) is 6.04 Å². The molecule has 1 atom stereocenters. The zero-order valence-corrected chi connectivity index (χ0v) is 10.3. The number of nitrogens with zero attached hydrogens (tertiary/aromatic N) is 2. The Balaban J connectivity index is 2.35. The molecule has 0 saturated carbocycles. The lowest BCUT2D eigenvalue weighted by molar-refractivity contribution is 0.396. The second kappa shape index (κ2) is 4.63. The third kappa shape index (κ3) is 2.06. The van der Waals surface area contributed by atoms with E-state index in [0.717, 1.165) is 23.6 Å². The molecule has 0 aliphatic carbocycles. The zero-order valence-electron chi connectivity index (χ0n) is 10.3. The number of furan rings is 1. The average Bonchev–Trinajstić information content (AvgIpc) is 2.94. The number of hydrogen-bond acceptors (Lipinski definition) is 4. The van der Waals surface area contributed by atoms with Crippen LogP contribution in [-0.2, 0) is 13.5 Å². The van der Waals surface area contributed by atoms with Gasteiger partial charge in [0, 0.05) is 13.5 Å². The molecule has 5 heteroatoms. The van der Waals surface area contributed by atoms with Crippen LogP contribution in [0.15, 0.2) is 22.7 Å². The van der Waals surface area contributed by atoms with Crippen molar-refractivity contribution in [2.75, 3.05) is 7.11 Å². The molecule has 92 valence electrons. The first kappa shape index (κ1) is 11.7. The molecule has 2 aromatic rings. The summed E-state index contributed by atoms with van der Waals surface area (Å²) < 4.78 is 12.6. The lowest BCUT2D eigenvalue weighted by Crippen LogP contribution is -2.16. The van der Waals surface area contributed by atoms with Gasteiger partial charge in [-0.05, 0) is 12.1 Å². The van der Waals surface area contributed by atoms with Crippen molar-refractivity contribution >= 4 is 0 Å². The number of aryl methyl sites for hydroxylation is 2. The van der Waals surface area contributed by atoms with Gasteiger partial charge in [-0.15, -0.1) is 0 Å². The highest BCUT2D eigenvalue weighted by molar-refractivity contribution is 5.33. The molecule has 0 radical (unpaired) electrons. The van der Waals surface area contributed by atoms with Gasteiger partial charge in [-0.3, -0.25) is 4.68 Å². The largest absolute Gasteiger partial charge is 0.493 e. The normalized spacial score (nSPS) is 12.7. The van der Waals surface area contributed by atoms with Crippen LogP contribution in [0.2, 0.25) is 0 Å². The minimum atomic E-state index is -0.363. The van der Waals surface area contributed by atoms with Crippen molar-refractivity contribution in [1.82, 2.24) is 9.78 Å². The van der Waals surface area contributed by atoms with Gasteiger partial charge in [0.25, 0.3) is 0 Å². The van der Waals surface area contributed by atoms with E-state index in [0.29, 0.717) is 5.75 Å². The van der Waals surface area contributed by atoms with Gasteiger partial charge in [0.2, 0.25) is 0 Å². The van der Waals surface area contributed by atoms with Crippen molar-refractivity contribution in [3.63, 3.8) is 0 Å². The summed E-state index contributed by atoms with van der Waals surface area (Å²) in [5, 5.41) is 4.13. The number of hydrogen-bond donors (Lipinski definition) is 1. The van der Waals surface area contributed by atoms with Crippen LogP contribution in [0.1, 0.15) is 30.2 Å². The quantitative estimate of drug-likeness (QED) is 0.874. The van der Waals surface area contributed by atoms with E-state index >= 15 is 0 Å². The van der Waals surface area contributed by atoms with Gasteiger partial charge in [-0.25, -0.2) is 0 Å². The summed E-state index contributed by atoms with van der Waals surface area (Å²) in [5.74, 6) is 2.33. The Morgan fingerprint density at radius 2 is 2.29 bits per heavy atom. The monoisotopic (exact) mass is 235 g/mol. The topological polar surface area (TPSA) is 66.2 Å². The van der Waals surface area contributed by atoms with Gasteiger partial charge < -0.3 is 14.9 Å². The number of ether oxygens (including phenoxy) is 1. The second-order valence-corrected chi connectivity index (χ2v) is 3.86. The fourth-order valence-electron chi connectivity index (χ4n) is 1.83. The molecule has 0 aromatic carbocycles. The maximum Gasteiger partial charge on any atom is 0.162 e. The molecule has 0 aliphatic heterocycles. The van der Waals surface area contributed by atoms with Crippen LogP contribution in [-0.4, -0.2) is 16.9 Å². The van der Waals surface area contributed by atoms with E-state index in [1.165, 1.54) is 0 Å². The molecule has 0 spiro atoms. The van der Waals surface area contributed by atoms with Gasteiger partial charge >= 0.3 is 0 Å². The van der Waals surface area contributed by atoms with Crippen molar-refractivity contribution in [2.24, 2.45) is 12.8 Å². The van der Waals surface area contributed by atoms with E-state index < -0.39 is 0 Å². The van der Waals surface area contributed by atoms with Crippen LogP contribution < -0.4 is 10.5 Å². The summed E-state index contributed by atoms with van der Waals surface area (Å²) in [6.07, 6.45) is 2.51. The molecule has 0 aliphatic rings. The van der Waals surface area contributed by atoms with Gasteiger partial charge in [0.05, 0.1) is 13.3 Å². The van der Waals surface area contributed by atoms with Crippen LogP contribution in [0.25, 0.3) is 0 Å². The molecule has 0 fully saturated rings. The van der Waals surface area contributed by atoms with Gasteiger partial charge in [0.1, 0.15) is 23.3 Å². The predicted molar refractivity (Wildman–Crippen MR) is 63.9 cm³/mol. The van der Waals surface area contributed by atoms with Gasteiger partial charge in [-0.1, -0.05) is 6.92 Å². The maximum absolute atomic E-state index is 6.17. The van der Waals surface area contributed by atoms with Crippen molar-refractivity contribution in [3.8, 4) is 5.75 Å². The molecule has 1 unspecified atom stereocenters. The zero-order chi connectivity index (χ0) is 12.4. The molecule has 0 saturated heterocycles. The van der Waals surface area contributed by atoms with Crippen LogP contribution in [0, 0.1) is 0 Å². The minimum absolute atomic E-state index is 0.363. The summed E-state index contributed by atoms with van der Waals surface area (Å²) in [6.45, 7) is 2.04. The van der Waals surface area contributed by atoms with Gasteiger partial charge in [0.15, 0.2) is 5.75 Å². The SMILES string of the molecule is CCc1ccc(C(N)c2c(OC)cnn2C)o1. The van der Waals surface area contributed by atoms with E-state index in [1.54, 1.807) is 18.0 Å². The van der Waals surface area contributed by atoms with Crippen molar-refractivity contribution in [1.29, 1.82) is 0 Å². The molecule has 2 heterocycles. The first-order valence-corrected chi connectivity index (χ1v) is 5.57. The average molecular weight is 235 g/mol. The second-order valence-electron chi connectivity index (χ2n) is 3.86. The van der Waals surface area contributed by atoms with Crippen LogP contribution in [0.4, 0.5) is 0 Å². The fourth-order valence-corrected chi connectivity index (χ4v) is 1.83. The number of rotatable bonds is 4. The molecule has 2 aromatic heterocycles. The lowest BCUT2D eigenvalue weighted by atomic mass is 10.1. The summed E-state index contributed by atoms with van der Waals surface area (Å²) in [7, 11) is 3.44. The van der Waals surface area contributed by atoms with E-state index in [2.05, 4.69) is 5.10 Å². The number of aromatic nitrogens is 2. The Morgan fingerprint density at radius 1 is 1.53 bits per heavy atom. The summed E-state index contributed by atoms with van der Waals surface area (Å²) >= 11 is 0. The standard InChI is InChI=1S/C12H17N3O2/c1-4-8-5-6-9(17-8)11(13)12-10(16-3)7-14-15(12)2/h5-7,11H,4,13H2,1-3H3. The molecule has 0 bridgehead atoms. The Bertz CT molecular complexity index is 502. The van der Waals surface area contributed by atoms with Crippen LogP contribution >= 0.6 is 0 Å². The molecule has 5 nitrogen and oxygen atoms in total. The minimum Gasteiger partial charge on any atom is -0.493 e. The maximum atomic E-state index is 6.17. The molecule has 2 N–H and O–H groups in total. The summed E-state index contributed by atoms with van der Waals surface area (Å²) in [6, 6.07) is 3.48. The smallest absolute Gasteiger partial charge is 0.162 e. The first-order chi connectivity index (χ1) is 8.17. The van der Waals surface area contributed by atoms with E-state index in [4.69, 9.17) is 14.9 Å². The van der Waals surface area contributed by atoms with Crippen molar-refractivity contribution < 1.29 is 9.15 Å². The molecule has 0 amide bonds. The third-order valence-electron chi connectivity index (χ3n) is 2.80. The van der Waals surface area contributed by atoms with E-state index in [9.17, 15) is 0 Å². The Labute approximate surface area is 100 Å². The van der Waals surface area contributed by atoms with Crippen molar-refractivity contribution in [2.45, 2.75) is 19.4 Å². The van der Waals surface area contributed by atoms with Crippen LogP contribution in [0.5, 0.6) is 5.75 Å². The lowest BCUT2D eigenvalue weighted by Gasteiger charge is -2.11.